The molecule has 2 unspecified atom stereocenters. The van der Waals surface area contributed by atoms with Gasteiger partial charge in [-0.2, -0.15) is 0 Å². The van der Waals surface area contributed by atoms with Gasteiger partial charge in [0.2, 0.25) is 11.8 Å². The van der Waals surface area contributed by atoms with E-state index in [9.17, 15) is 14.4 Å². The molecule has 7 heteroatoms. The highest BCUT2D eigenvalue weighted by Crippen LogP contribution is 2.65. The maximum atomic E-state index is 14.1. The second-order valence-corrected chi connectivity index (χ2v) is 10.5. The molecule has 35 heavy (non-hydrogen) atoms. The Kier molecular flexibility index (Phi) is 4.29. The quantitative estimate of drug-likeness (QED) is 0.531. The molecule has 178 valence electrons. The molecule has 4 atom stereocenters. The van der Waals surface area contributed by atoms with Crippen LogP contribution >= 0.6 is 0 Å². The first-order valence-corrected chi connectivity index (χ1v) is 12.0. The van der Waals surface area contributed by atoms with E-state index < -0.39 is 29.1 Å². The van der Waals surface area contributed by atoms with Crippen LogP contribution in [0, 0.1) is 5.41 Å². The smallest absolute Gasteiger partial charge is 0.262 e. The van der Waals surface area contributed by atoms with Gasteiger partial charge in [0.05, 0.1) is 16.9 Å². The Balaban J connectivity index is 1.69. The maximum absolute atomic E-state index is 14.1. The SMILES string of the molecule is C=CC(C)(C)C12C[C@H]3c4nc5ccccc5c(=O)n4[C@H](C)C(=O)N3C1N(C(C)=O)c1ccccc12. The van der Waals surface area contributed by atoms with Crippen LogP contribution in [0.25, 0.3) is 10.9 Å². The van der Waals surface area contributed by atoms with E-state index in [1.165, 1.54) is 0 Å². The second-order valence-electron chi connectivity index (χ2n) is 10.5. The number of carbonyl (C=O) groups is 2. The van der Waals surface area contributed by atoms with Crippen molar-refractivity contribution in [1.29, 1.82) is 0 Å². The summed E-state index contributed by atoms with van der Waals surface area (Å²) < 4.78 is 1.56. The number of amides is 2. The van der Waals surface area contributed by atoms with Crippen molar-refractivity contribution in [3.63, 3.8) is 0 Å². The number of para-hydroxylation sites is 2. The number of carbonyl (C=O) groups excluding carboxylic acids is 2. The van der Waals surface area contributed by atoms with Crippen LogP contribution in [0.2, 0.25) is 0 Å². The van der Waals surface area contributed by atoms with E-state index in [1.807, 2.05) is 47.4 Å². The molecule has 3 aliphatic heterocycles. The number of nitrogens with zero attached hydrogens (tertiary/aromatic N) is 4. The Morgan fingerprint density at radius 2 is 1.83 bits per heavy atom. The Morgan fingerprint density at radius 1 is 1.14 bits per heavy atom. The van der Waals surface area contributed by atoms with Crippen LogP contribution in [0.4, 0.5) is 5.69 Å². The zero-order valence-corrected chi connectivity index (χ0v) is 20.4. The first-order valence-electron chi connectivity index (χ1n) is 12.0. The van der Waals surface area contributed by atoms with Gasteiger partial charge in [-0.15, -0.1) is 6.58 Å². The summed E-state index contributed by atoms with van der Waals surface area (Å²) in [5, 5.41) is 0.499. The van der Waals surface area contributed by atoms with Crippen molar-refractivity contribution in [2.24, 2.45) is 5.41 Å². The monoisotopic (exact) mass is 468 g/mol. The maximum Gasteiger partial charge on any atom is 0.262 e. The minimum atomic E-state index is -0.731. The average molecular weight is 469 g/mol. The normalized spacial score (nSPS) is 26.9. The van der Waals surface area contributed by atoms with E-state index in [-0.39, 0.29) is 17.4 Å². The van der Waals surface area contributed by atoms with Crippen LogP contribution in [-0.2, 0) is 15.0 Å². The zero-order chi connectivity index (χ0) is 24.9. The summed E-state index contributed by atoms with van der Waals surface area (Å²) in [6.45, 7) is 11.7. The molecule has 2 amide bonds. The van der Waals surface area contributed by atoms with Crippen LogP contribution in [0.1, 0.15) is 57.6 Å². The van der Waals surface area contributed by atoms with Crippen molar-refractivity contribution in [2.45, 2.75) is 57.8 Å². The topological polar surface area (TPSA) is 75.5 Å². The molecule has 7 nitrogen and oxygen atoms in total. The Labute approximate surface area is 203 Å². The molecule has 0 saturated carbocycles. The van der Waals surface area contributed by atoms with E-state index in [0.29, 0.717) is 23.1 Å². The van der Waals surface area contributed by atoms with Gasteiger partial charge >= 0.3 is 0 Å². The number of rotatable bonds is 2. The molecule has 2 aromatic carbocycles. The number of benzene rings is 2. The molecular weight excluding hydrogens is 440 g/mol. The van der Waals surface area contributed by atoms with Gasteiger partial charge in [0.25, 0.3) is 5.56 Å². The van der Waals surface area contributed by atoms with Crippen molar-refractivity contribution >= 4 is 28.4 Å². The van der Waals surface area contributed by atoms with Crippen molar-refractivity contribution in [1.82, 2.24) is 14.5 Å². The van der Waals surface area contributed by atoms with Crippen LogP contribution in [0.5, 0.6) is 0 Å². The number of hydrogen-bond acceptors (Lipinski definition) is 4. The lowest BCUT2D eigenvalue weighted by Gasteiger charge is -2.46. The Morgan fingerprint density at radius 3 is 2.54 bits per heavy atom. The predicted molar refractivity (Wildman–Crippen MR) is 134 cm³/mol. The molecule has 4 heterocycles. The predicted octanol–water partition coefficient (Wildman–Crippen LogP) is 4.09. The lowest BCUT2D eigenvalue weighted by molar-refractivity contribution is -0.141. The summed E-state index contributed by atoms with van der Waals surface area (Å²) in [7, 11) is 0. The number of anilines is 1. The summed E-state index contributed by atoms with van der Waals surface area (Å²) in [6, 6.07) is 14.0. The van der Waals surface area contributed by atoms with Gasteiger partial charge in [0.1, 0.15) is 18.0 Å². The van der Waals surface area contributed by atoms with Crippen molar-refractivity contribution in [3.8, 4) is 0 Å². The summed E-state index contributed by atoms with van der Waals surface area (Å²) in [5.41, 5.74) is 1.17. The van der Waals surface area contributed by atoms with E-state index in [2.05, 4.69) is 26.5 Å². The number of allylic oxidation sites excluding steroid dienone is 1. The van der Waals surface area contributed by atoms with E-state index >= 15 is 0 Å². The second kappa shape index (κ2) is 6.90. The van der Waals surface area contributed by atoms with Gasteiger partial charge in [0, 0.05) is 18.0 Å². The third kappa shape index (κ3) is 2.45. The highest BCUT2D eigenvalue weighted by atomic mass is 16.2. The zero-order valence-electron chi connectivity index (χ0n) is 20.4. The fourth-order valence-corrected chi connectivity index (χ4v) is 6.76. The molecule has 0 spiro atoms. The summed E-state index contributed by atoms with van der Waals surface area (Å²) >= 11 is 0. The third-order valence-electron chi connectivity index (χ3n) is 8.58. The highest BCUT2D eigenvalue weighted by Gasteiger charge is 2.69. The van der Waals surface area contributed by atoms with Gasteiger partial charge in [-0.05, 0) is 42.5 Å². The van der Waals surface area contributed by atoms with Crippen LogP contribution in [0.3, 0.4) is 0 Å². The van der Waals surface area contributed by atoms with Crippen LogP contribution < -0.4 is 10.5 Å². The lowest BCUT2D eigenvalue weighted by Crippen LogP contribution is -2.59. The molecule has 1 saturated heterocycles. The summed E-state index contributed by atoms with van der Waals surface area (Å²) in [5.74, 6) is 0.280. The molecule has 1 fully saturated rings. The van der Waals surface area contributed by atoms with Gasteiger partial charge in [-0.1, -0.05) is 50.3 Å². The number of hydrogen-bond donors (Lipinski definition) is 0. The molecule has 0 aliphatic carbocycles. The molecule has 1 aromatic heterocycles. The molecule has 0 radical (unpaired) electrons. The van der Waals surface area contributed by atoms with Gasteiger partial charge in [-0.25, -0.2) is 4.98 Å². The van der Waals surface area contributed by atoms with Crippen molar-refractivity contribution in [3.05, 3.63) is 82.9 Å². The average Bonchev–Trinajstić information content (AvgIpc) is 3.34. The van der Waals surface area contributed by atoms with Crippen molar-refractivity contribution < 1.29 is 9.59 Å². The number of aromatic nitrogens is 2. The lowest BCUT2D eigenvalue weighted by atomic mass is 9.60. The largest absolute Gasteiger partial charge is 0.309 e. The van der Waals surface area contributed by atoms with Crippen molar-refractivity contribution in [2.75, 3.05) is 4.90 Å². The molecule has 3 aromatic rings. The minimum Gasteiger partial charge on any atom is -0.309 e. The van der Waals surface area contributed by atoms with E-state index in [0.717, 1.165) is 11.3 Å². The van der Waals surface area contributed by atoms with Gasteiger partial charge < -0.3 is 4.90 Å². The van der Waals surface area contributed by atoms with E-state index in [4.69, 9.17) is 4.98 Å². The Hall–Kier alpha value is -3.74. The van der Waals surface area contributed by atoms with Crippen LogP contribution in [0.15, 0.2) is 66.0 Å². The summed E-state index contributed by atoms with van der Waals surface area (Å²) in [4.78, 5) is 49.3. The van der Waals surface area contributed by atoms with Gasteiger partial charge in [0.15, 0.2) is 0 Å². The highest BCUT2D eigenvalue weighted by molar-refractivity contribution is 5.98. The first kappa shape index (κ1) is 21.8. The van der Waals surface area contributed by atoms with E-state index in [1.54, 1.807) is 29.4 Å². The minimum absolute atomic E-state index is 0.125. The fraction of sp³-hybridized carbons (Fsp3) is 0.357. The number of fused-ring (bicyclic) bond motifs is 8. The van der Waals surface area contributed by atoms with Gasteiger partial charge in [-0.3, -0.25) is 23.9 Å². The molecular formula is C28H28N4O3. The molecule has 0 bridgehead atoms. The first-order chi connectivity index (χ1) is 16.7. The van der Waals surface area contributed by atoms with Crippen LogP contribution in [-0.4, -0.2) is 32.4 Å². The summed E-state index contributed by atoms with van der Waals surface area (Å²) in [6.07, 6.45) is 1.91. The molecule has 0 N–H and O–H groups in total. The molecule has 3 aliphatic rings. The molecule has 6 rings (SSSR count). The third-order valence-corrected chi connectivity index (χ3v) is 8.58. The fourth-order valence-electron chi connectivity index (χ4n) is 6.76. The Bertz CT molecular complexity index is 1510. The standard InChI is InChI=1S/C28H28N4O3/c1-6-27(4,5)28-15-22-23-29-20-13-9-7-11-18(20)25(35)30(23)16(2)24(34)32(22)26(28)31(17(3)33)21-14-10-8-12-19(21)28/h6-14,16,22,26H,1,15H2,2-5H3/t16-,22+,26?,28?/m1/s1.